The lowest BCUT2D eigenvalue weighted by Crippen LogP contribution is -2.00. The molecule has 2 aromatic heterocycles. The minimum Gasteiger partial charge on any atom is -0.478 e. The first kappa shape index (κ1) is 10.9. The van der Waals surface area contributed by atoms with E-state index in [2.05, 4.69) is 15.1 Å². The molecule has 2 heterocycles. The third-order valence-corrected chi connectivity index (χ3v) is 2.14. The molecule has 0 radical (unpaired) electrons. The number of carbonyl (C=O) groups excluding carboxylic acids is 1. The highest BCUT2D eigenvalue weighted by Crippen LogP contribution is 2.09. The van der Waals surface area contributed by atoms with Gasteiger partial charge in [-0.05, 0) is 6.92 Å². The van der Waals surface area contributed by atoms with E-state index in [4.69, 9.17) is 5.11 Å². The fraction of sp³-hybridized carbons (Fsp3) is 0.100. The maximum Gasteiger partial charge on any atom is 0.339 e. The van der Waals surface area contributed by atoms with Crippen LogP contribution in [0.3, 0.4) is 0 Å². The van der Waals surface area contributed by atoms with Gasteiger partial charge in [-0.25, -0.2) is 19.4 Å². The molecule has 17 heavy (non-hydrogen) atoms. The highest BCUT2D eigenvalue weighted by Gasteiger charge is 2.13. The summed E-state index contributed by atoms with van der Waals surface area (Å²) in [4.78, 5) is 29.0. The lowest BCUT2D eigenvalue weighted by molar-refractivity contribution is 0.0696. The van der Waals surface area contributed by atoms with Crippen LogP contribution in [0, 0.1) is 6.92 Å². The maximum atomic E-state index is 10.8. The first-order valence-corrected chi connectivity index (χ1v) is 4.69. The van der Waals surface area contributed by atoms with Crippen molar-refractivity contribution in [3.63, 3.8) is 0 Å². The molecular weight excluding hydrogens is 224 g/mol. The molecule has 0 spiro atoms. The number of nitrogens with zero attached hydrogens (tertiary/aromatic N) is 4. The zero-order valence-corrected chi connectivity index (χ0v) is 8.86. The van der Waals surface area contributed by atoms with Crippen LogP contribution in [-0.2, 0) is 0 Å². The van der Waals surface area contributed by atoms with Crippen molar-refractivity contribution in [2.24, 2.45) is 0 Å². The fourth-order valence-corrected chi connectivity index (χ4v) is 1.30. The van der Waals surface area contributed by atoms with Crippen molar-refractivity contribution >= 4 is 12.3 Å². The van der Waals surface area contributed by atoms with E-state index >= 15 is 0 Å². The van der Waals surface area contributed by atoms with Gasteiger partial charge in [0.1, 0.15) is 11.3 Å². The predicted octanol–water partition coefficient (Wildman–Crippen LogP) is 0.481. The molecule has 0 saturated heterocycles. The molecular formula is C10H8N4O3. The van der Waals surface area contributed by atoms with Gasteiger partial charge in [0.2, 0.25) is 0 Å². The van der Waals surface area contributed by atoms with Gasteiger partial charge in [0.25, 0.3) is 0 Å². The topological polar surface area (TPSA) is 98.0 Å². The number of aldehydes is 1. The van der Waals surface area contributed by atoms with E-state index in [1.54, 1.807) is 6.92 Å². The number of carboxylic acids is 1. The summed E-state index contributed by atoms with van der Waals surface area (Å²) in [5.41, 5.74) is 0.695. The number of carboxylic acid groups (broad SMARTS) is 1. The second-order valence-electron chi connectivity index (χ2n) is 3.30. The molecule has 0 aliphatic rings. The van der Waals surface area contributed by atoms with Gasteiger partial charge in [-0.15, -0.1) is 0 Å². The molecule has 0 bridgehead atoms. The van der Waals surface area contributed by atoms with Crippen LogP contribution in [0.25, 0.3) is 5.82 Å². The van der Waals surface area contributed by atoms with Crippen molar-refractivity contribution in [1.82, 2.24) is 19.7 Å². The average molecular weight is 232 g/mol. The highest BCUT2D eigenvalue weighted by molar-refractivity contribution is 5.88. The quantitative estimate of drug-likeness (QED) is 0.773. The van der Waals surface area contributed by atoms with Crippen LogP contribution in [0.5, 0.6) is 0 Å². The molecule has 0 fully saturated rings. The Kier molecular flexibility index (Phi) is 2.65. The number of carbonyl (C=O) groups is 2. The Bertz CT molecular complexity index is 574. The molecule has 7 heteroatoms. The Labute approximate surface area is 95.7 Å². The lowest BCUT2D eigenvalue weighted by atomic mass is 10.3. The van der Waals surface area contributed by atoms with Gasteiger partial charge < -0.3 is 5.11 Å². The third-order valence-electron chi connectivity index (χ3n) is 2.14. The van der Waals surface area contributed by atoms with Gasteiger partial charge in [-0.2, -0.15) is 5.10 Å². The number of hydrogen-bond acceptors (Lipinski definition) is 5. The second kappa shape index (κ2) is 4.12. The Hall–Kier alpha value is -2.57. The summed E-state index contributed by atoms with van der Waals surface area (Å²) in [6.07, 6.45) is 4.57. The van der Waals surface area contributed by atoms with Crippen molar-refractivity contribution in [2.75, 3.05) is 0 Å². The van der Waals surface area contributed by atoms with Crippen LogP contribution < -0.4 is 0 Å². The molecule has 0 unspecified atom stereocenters. The number of hydrogen-bond donors (Lipinski definition) is 1. The summed E-state index contributed by atoms with van der Waals surface area (Å²) < 4.78 is 1.31. The Morgan fingerprint density at radius 1 is 1.41 bits per heavy atom. The molecule has 0 aliphatic heterocycles. The Balaban J connectivity index is 2.42. The molecule has 1 N–H and O–H groups in total. The van der Waals surface area contributed by atoms with E-state index in [9.17, 15) is 9.59 Å². The summed E-state index contributed by atoms with van der Waals surface area (Å²) in [5.74, 6) is -0.697. The normalized spacial score (nSPS) is 10.2. The Morgan fingerprint density at radius 3 is 2.65 bits per heavy atom. The number of rotatable bonds is 3. The van der Waals surface area contributed by atoms with Crippen molar-refractivity contribution < 1.29 is 14.7 Å². The van der Waals surface area contributed by atoms with Gasteiger partial charge in [0.15, 0.2) is 12.1 Å². The molecule has 0 aliphatic carbocycles. The molecule has 7 nitrogen and oxygen atoms in total. The number of aromatic nitrogens is 4. The molecule has 2 aromatic rings. The van der Waals surface area contributed by atoms with Crippen LogP contribution in [0.1, 0.15) is 26.5 Å². The van der Waals surface area contributed by atoms with Crippen LogP contribution in [0.2, 0.25) is 0 Å². The molecule has 0 saturated carbocycles. The van der Waals surface area contributed by atoms with E-state index in [0.29, 0.717) is 17.8 Å². The van der Waals surface area contributed by atoms with Crippen LogP contribution >= 0.6 is 0 Å². The number of aryl methyl sites for hydroxylation is 1. The molecule has 2 rings (SSSR count). The molecule has 0 aromatic carbocycles. The van der Waals surface area contributed by atoms with Gasteiger partial charge in [-0.1, -0.05) is 0 Å². The van der Waals surface area contributed by atoms with E-state index in [0.717, 1.165) is 0 Å². The van der Waals surface area contributed by atoms with E-state index < -0.39 is 5.97 Å². The van der Waals surface area contributed by atoms with Crippen molar-refractivity contribution in [3.8, 4) is 5.82 Å². The van der Waals surface area contributed by atoms with Gasteiger partial charge >= 0.3 is 5.97 Å². The summed E-state index contributed by atoms with van der Waals surface area (Å²) in [5, 5.41) is 12.9. The van der Waals surface area contributed by atoms with Crippen LogP contribution in [0.15, 0.2) is 18.6 Å². The minimum atomic E-state index is -1.05. The summed E-state index contributed by atoms with van der Waals surface area (Å²) in [6.45, 7) is 1.59. The van der Waals surface area contributed by atoms with Crippen molar-refractivity contribution in [3.05, 3.63) is 35.5 Å². The maximum absolute atomic E-state index is 10.8. The lowest BCUT2D eigenvalue weighted by Gasteiger charge is -1.98. The van der Waals surface area contributed by atoms with Gasteiger partial charge in [0.05, 0.1) is 18.1 Å². The average Bonchev–Trinajstić information content (AvgIpc) is 2.71. The molecule has 0 amide bonds. The predicted molar refractivity (Wildman–Crippen MR) is 56.2 cm³/mol. The van der Waals surface area contributed by atoms with E-state index in [1.165, 1.54) is 23.3 Å². The largest absolute Gasteiger partial charge is 0.478 e. The SMILES string of the molecule is Cc1nn(-c2cnc(C=O)cn2)cc1C(=O)O. The second-order valence-corrected chi connectivity index (χ2v) is 3.30. The highest BCUT2D eigenvalue weighted by atomic mass is 16.4. The summed E-state index contributed by atoms with van der Waals surface area (Å²) in [6, 6.07) is 0. The first-order chi connectivity index (χ1) is 8.11. The minimum absolute atomic E-state index is 0.103. The van der Waals surface area contributed by atoms with Gasteiger partial charge in [-0.3, -0.25) is 4.79 Å². The zero-order chi connectivity index (χ0) is 12.4. The van der Waals surface area contributed by atoms with Crippen LogP contribution in [0.4, 0.5) is 0 Å². The van der Waals surface area contributed by atoms with E-state index in [-0.39, 0.29) is 11.3 Å². The van der Waals surface area contributed by atoms with Crippen LogP contribution in [-0.4, -0.2) is 37.1 Å². The fourth-order valence-electron chi connectivity index (χ4n) is 1.30. The van der Waals surface area contributed by atoms with Gasteiger partial charge in [0, 0.05) is 6.20 Å². The smallest absolute Gasteiger partial charge is 0.339 e. The standard InChI is InChI=1S/C10H8N4O3/c1-6-8(10(16)17)4-14(13-6)9-3-11-7(5-15)2-12-9/h2-5H,1H3,(H,16,17). The Morgan fingerprint density at radius 2 is 2.18 bits per heavy atom. The summed E-state index contributed by atoms with van der Waals surface area (Å²) in [7, 11) is 0. The van der Waals surface area contributed by atoms with Crippen molar-refractivity contribution in [1.29, 1.82) is 0 Å². The molecule has 0 atom stereocenters. The first-order valence-electron chi connectivity index (χ1n) is 4.69. The zero-order valence-electron chi connectivity index (χ0n) is 8.86. The van der Waals surface area contributed by atoms with E-state index in [1.807, 2.05) is 0 Å². The number of aromatic carboxylic acids is 1. The van der Waals surface area contributed by atoms with Crippen molar-refractivity contribution in [2.45, 2.75) is 6.92 Å². The molecule has 86 valence electrons. The summed E-state index contributed by atoms with van der Waals surface area (Å²) >= 11 is 0. The third kappa shape index (κ3) is 2.03. The monoisotopic (exact) mass is 232 g/mol.